The van der Waals surface area contributed by atoms with Gasteiger partial charge in [0.1, 0.15) is 23.7 Å². The first-order valence-corrected chi connectivity index (χ1v) is 12.8. The summed E-state index contributed by atoms with van der Waals surface area (Å²) in [6.07, 6.45) is 5.50. The number of benzene rings is 1. The highest BCUT2D eigenvalue weighted by molar-refractivity contribution is 6.27. The van der Waals surface area contributed by atoms with Gasteiger partial charge < -0.3 is 31.9 Å². The van der Waals surface area contributed by atoms with Gasteiger partial charge in [0.2, 0.25) is 5.91 Å². The number of anilines is 1. The molecule has 2 amide bonds. The summed E-state index contributed by atoms with van der Waals surface area (Å²) in [6, 6.07) is 12.2. The van der Waals surface area contributed by atoms with Crippen LogP contribution >= 0.6 is 0 Å². The Hall–Kier alpha value is -4.51. The van der Waals surface area contributed by atoms with Crippen molar-refractivity contribution in [1.82, 2.24) is 20.1 Å². The van der Waals surface area contributed by atoms with E-state index in [9.17, 15) is 9.59 Å². The molecule has 1 saturated heterocycles. The van der Waals surface area contributed by atoms with Crippen LogP contribution < -0.4 is 22.1 Å². The van der Waals surface area contributed by atoms with Crippen molar-refractivity contribution in [2.45, 2.75) is 25.6 Å². The quantitative estimate of drug-likeness (QED) is 0.396. The van der Waals surface area contributed by atoms with E-state index >= 15 is 0 Å². The van der Waals surface area contributed by atoms with Gasteiger partial charge >= 0.3 is 0 Å². The Bertz CT molecular complexity index is 1310. The molecule has 3 heterocycles. The molecule has 204 valence electrons. The van der Waals surface area contributed by atoms with Gasteiger partial charge in [-0.3, -0.25) is 9.59 Å². The number of nitrogens with zero attached hydrogens (tertiary/aromatic N) is 5. The molecule has 4 rings (SSSR count). The van der Waals surface area contributed by atoms with Gasteiger partial charge in [0.25, 0.3) is 5.91 Å². The number of hydrogen-bond donors (Lipinski definition) is 4. The van der Waals surface area contributed by atoms with E-state index in [0.717, 1.165) is 6.42 Å². The molecular weight excluding hydrogens is 494 g/mol. The van der Waals surface area contributed by atoms with Crippen LogP contribution in [-0.2, 0) is 4.79 Å². The predicted molar refractivity (Wildman–Crippen MR) is 154 cm³/mol. The maximum atomic E-state index is 12.6. The van der Waals surface area contributed by atoms with Gasteiger partial charge in [-0.2, -0.15) is 0 Å². The first-order valence-electron chi connectivity index (χ1n) is 12.8. The van der Waals surface area contributed by atoms with Crippen LogP contribution in [0.15, 0.2) is 76.4 Å². The molecule has 11 nitrogen and oxygen atoms in total. The van der Waals surface area contributed by atoms with E-state index in [-0.39, 0.29) is 29.9 Å². The first kappa shape index (κ1) is 27.5. The number of carbonyl (C=O) groups is 2. The molecule has 1 aromatic carbocycles. The van der Waals surface area contributed by atoms with Crippen molar-refractivity contribution in [2.75, 3.05) is 39.0 Å². The van der Waals surface area contributed by atoms with Crippen LogP contribution in [0.1, 0.15) is 29.3 Å². The average Bonchev–Trinajstić information content (AvgIpc) is 3.37. The largest absolute Gasteiger partial charge is 0.398 e. The maximum Gasteiger partial charge on any atom is 0.256 e. The minimum Gasteiger partial charge on any atom is -0.398 e. The number of pyridine rings is 1. The summed E-state index contributed by atoms with van der Waals surface area (Å²) >= 11 is 0. The first-order chi connectivity index (χ1) is 18.7. The van der Waals surface area contributed by atoms with E-state index in [1.807, 2.05) is 36.9 Å². The highest BCUT2D eigenvalue weighted by atomic mass is 16.2. The topological polar surface area (TPSA) is 154 Å². The fourth-order valence-electron chi connectivity index (χ4n) is 4.35. The lowest BCUT2D eigenvalue weighted by molar-refractivity contribution is -0.125. The van der Waals surface area contributed by atoms with Gasteiger partial charge in [-0.15, -0.1) is 0 Å². The lowest BCUT2D eigenvalue weighted by Gasteiger charge is -2.24. The molecular formula is C28H35N9O2. The lowest BCUT2D eigenvalue weighted by atomic mass is 10.0. The highest BCUT2D eigenvalue weighted by Crippen LogP contribution is 2.21. The third-order valence-electron chi connectivity index (χ3n) is 6.34. The summed E-state index contributed by atoms with van der Waals surface area (Å²) in [4.78, 5) is 42.2. The van der Waals surface area contributed by atoms with Crippen molar-refractivity contribution in [1.29, 1.82) is 0 Å². The van der Waals surface area contributed by atoms with E-state index in [1.54, 1.807) is 54.7 Å². The van der Waals surface area contributed by atoms with Gasteiger partial charge in [-0.05, 0) is 57.3 Å². The van der Waals surface area contributed by atoms with E-state index in [0.29, 0.717) is 53.7 Å². The van der Waals surface area contributed by atoms with E-state index in [4.69, 9.17) is 11.5 Å². The number of likely N-dealkylation sites (N-methyl/N-ethyl adjacent to an activating group) is 1. The second-order valence-corrected chi connectivity index (χ2v) is 9.74. The second-order valence-electron chi connectivity index (χ2n) is 9.74. The van der Waals surface area contributed by atoms with Gasteiger partial charge in [0, 0.05) is 43.5 Å². The number of aromatic nitrogens is 1. The van der Waals surface area contributed by atoms with E-state index in [2.05, 4.69) is 25.6 Å². The summed E-state index contributed by atoms with van der Waals surface area (Å²) in [6.45, 7) is 3.74. The third-order valence-corrected chi connectivity index (χ3v) is 6.34. The number of likely N-dealkylation sites (tertiary alicyclic amines) is 1. The molecule has 0 saturated carbocycles. The van der Waals surface area contributed by atoms with Crippen LogP contribution in [0, 0.1) is 0 Å². The lowest BCUT2D eigenvalue weighted by Crippen LogP contribution is -2.44. The monoisotopic (exact) mass is 529 g/mol. The Balaban J connectivity index is 1.47. The zero-order valence-electron chi connectivity index (χ0n) is 22.5. The molecule has 2 aliphatic rings. The number of carbonyl (C=O) groups excluding carboxylic acids is 2. The SMILES string of the molecule is CC1N=C(N)C(=C(N)c2ccc(C(=O)Nc3ccccn3)cc2)C(NC2CCN(C(=O)C=CCN(C)C)C2)=N1. The number of nitrogens with one attached hydrogen (secondary N) is 2. The van der Waals surface area contributed by atoms with Crippen molar-refractivity contribution >= 4 is 35.0 Å². The fourth-order valence-corrected chi connectivity index (χ4v) is 4.35. The summed E-state index contributed by atoms with van der Waals surface area (Å²) < 4.78 is 0. The molecule has 39 heavy (non-hydrogen) atoms. The minimum atomic E-state index is -0.366. The molecule has 1 aromatic heterocycles. The molecule has 0 radical (unpaired) electrons. The number of hydrogen-bond acceptors (Lipinski definition) is 9. The van der Waals surface area contributed by atoms with E-state index in [1.165, 1.54) is 0 Å². The predicted octanol–water partition coefficient (Wildman–Crippen LogP) is 1.43. The average molecular weight is 530 g/mol. The van der Waals surface area contributed by atoms with Crippen molar-refractivity contribution in [3.05, 3.63) is 77.5 Å². The summed E-state index contributed by atoms with van der Waals surface area (Å²) in [7, 11) is 3.91. The zero-order chi connectivity index (χ0) is 27.9. The maximum absolute atomic E-state index is 12.6. The van der Waals surface area contributed by atoms with Gasteiger partial charge in [0.05, 0.1) is 11.3 Å². The molecule has 11 heteroatoms. The smallest absolute Gasteiger partial charge is 0.256 e. The standard InChI is InChI=1S/C28H35N9O2/c1-18-32-26(30)24(27(33-18)34-21-13-16-37(17-21)23(38)8-6-15-36(2)3)25(29)19-9-11-20(12-10-19)28(39)35-22-7-4-5-14-31-22/h4-12,14,18,21H,13,15-17,29H2,1-3H3,(H2,30,32)(H,33,34)(H,31,35,39). The van der Waals surface area contributed by atoms with Gasteiger partial charge in [-0.1, -0.05) is 24.3 Å². The Morgan fingerprint density at radius 1 is 1.13 bits per heavy atom. The van der Waals surface area contributed by atoms with Gasteiger partial charge in [-0.25, -0.2) is 15.0 Å². The molecule has 1 fully saturated rings. The summed E-state index contributed by atoms with van der Waals surface area (Å²) in [5.41, 5.74) is 15.0. The number of aliphatic imine (C=N–C) groups is 2. The second kappa shape index (κ2) is 12.4. The van der Waals surface area contributed by atoms with Crippen LogP contribution in [0.2, 0.25) is 0 Å². The molecule has 2 aromatic rings. The molecule has 6 N–H and O–H groups in total. The van der Waals surface area contributed by atoms with Crippen molar-refractivity contribution in [3.63, 3.8) is 0 Å². The van der Waals surface area contributed by atoms with Crippen LogP contribution in [0.4, 0.5) is 5.82 Å². The highest BCUT2D eigenvalue weighted by Gasteiger charge is 2.29. The van der Waals surface area contributed by atoms with Crippen LogP contribution in [0.3, 0.4) is 0 Å². The van der Waals surface area contributed by atoms with E-state index < -0.39 is 0 Å². The molecule has 2 unspecified atom stereocenters. The number of amidine groups is 2. The summed E-state index contributed by atoms with van der Waals surface area (Å²) in [5.74, 6) is 1.01. The van der Waals surface area contributed by atoms with Crippen LogP contribution in [0.5, 0.6) is 0 Å². The molecule has 0 spiro atoms. The number of amides is 2. The van der Waals surface area contributed by atoms with Crippen molar-refractivity contribution in [2.24, 2.45) is 21.5 Å². The zero-order valence-corrected chi connectivity index (χ0v) is 22.5. The van der Waals surface area contributed by atoms with Crippen molar-refractivity contribution < 1.29 is 9.59 Å². The minimum absolute atomic E-state index is 0.00600. The van der Waals surface area contributed by atoms with Crippen LogP contribution in [-0.4, -0.2) is 84.2 Å². The number of nitrogens with two attached hydrogens (primary N) is 2. The Kier molecular flexibility index (Phi) is 8.72. The molecule has 0 bridgehead atoms. The molecule has 2 atom stereocenters. The molecule has 2 aliphatic heterocycles. The molecule has 0 aliphatic carbocycles. The third kappa shape index (κ3) is 7.08. The number of rotatable bonds is 7. The normalized spacial score (nSPS) is 20.6. The Morgan fingerprint density at radius 3 is 2.56 bits per heavy atom. The Labute approximate surface area is 228 Å². The van der Waals surface area contributed by atoms with Crippen molar-refractivity contribution in [3.8, 4) is 0 Å². The van der Waals surface area contributed by atoms with Crippen LogP contribution in [0.25, 0.3) is 5.70 Å². The van der Waals surface area contributed by atoms with Gasteiger partial charge in [0.15, 0.2) is 0 Å². The fraction of sp³-hybridized carbons (Fsp3) is 0.321. The summed E-state index contributed by atoms with van der Waals surface area (Å²) in [5, 5.41) is 6.21. The Morgan fingerprint density at radius 2 is 1.87 bits per heavy atom.